The maximum absolute atomic E-state index is 12.4. The summed E-state index contributed by atoms with van der Waals surface area (Å²) in [5, 5.41) is 7.13. The Morgan fingerprint density at radius 2 is 1.91 bits per heavy atom. The zero-order valence-corrected chi connectivity index (χ0v) is 20.4. The van der Waals surface area contributed by atoms with Gasteiger partial charge >= 0.3 is 0 Å². The standard InChI is InChI=1S/C25H34N4O4/c1-17(2)11-19(26-6)12-31-14-22(30)28-25(5)15-24(4,16-25)23-27-21(29-33-23)13-32-20-9-7-18(3)8-10-20/h7-11H,12-16H2,1-6H3,(H,28,30). The second-order valence-corrected chi connectivity index (χ2v) is 9.57. The lowest BCUT2D eigenvalue weighted by atomic mass is 9.59. The first kappa shape index (κ1) is 24.6. The molecule has 0 saturated heterocycles. The van der Waals surface area contributed by atoms with Gasteiger partial charge in [-0.2, -0.15) is 4.98 Å². The van der Waals surface area contributed by atoms with Crippen LogP contribution in [0.1, 0.15) is 57.8 Å². The molecule has 1 aliphatic carbocycles. The van der Waals surface area contributed by atoms with Crippen molar-refractivity contribution in [2.45, 2.75) is 65.0 Å². The molecule has 0 unspecified atom stereocenters. The topological polar surface area (TPSA) is 98.8 Å². The fraction of sp³-hybridized carbons (Fsp3) is 0.520. The van der Waals surface area contributed by atoms with Gasteiger partial charge in [0, 0.05) is 12.6 Å². The van der Waals surface area contributed by atoms with E-state index in [0.717, 1.165) is 17.0 Å². The van der Waals surface area contributed by atoms with Gasteiger partial charge in [-0.3, -0.25) is 9.79 Å². The van der Waals surface area contributed by atoms with Crippen molar-refractivity contribution in [3.63, 3.8) is 0 Å². The third-order valence-electron chi connectivity index (χ3n) is 5.60. The van der Waals surface area contributed by atoms with Crippen LogP contribution in [0, 0.1) is 6.92 Å². The van der Waals surface area contributed by atoms with Crippen LogP contribution < -0.4 is 10.1 Å². The zero-order valence-electron chi connectivity index (χ0n) is 20.4. The minimum atomic E-state index is -0.343. The molecule has 0 spiro atoms. The average molecular weight is 455 g/mol. The minimum Gasteiger partial charge on any atom is -0.485 e. The molecule has 8 heteroatoms. The number of hydrogen-bond acceptors (Lipinski definition) is 7. The lowest BCUT2D eigenvalue weighted by Crippen LogP contribution is -2.61. The average Bonchev–Trinajstić information content (AvgIpc) is 3.21. The van der Waals surface area contributed by atoms with Gasteiger partial charge in [0.2, 0.25) is 17.6 Å². The fourth-order valence-electron chi connectivity index (χ4n) is 4.38. The minimum absolute atomic E-state index is 0.0109. The lowest BCUT2D eigenvalue weighted by molar-refractivity contribution is -0.129. The number of aliphatic imine (C=N–C) groups is 1. The normalized spacial score (nSPS) is 22.4. The summed E-state index contributed by atoms with van der Waals surface area (Å²) in [6, 6.07) is 7.82. The molecule has 1 aromatic carbocycles. The first-order chi connectivity index (χ1) is 15.6. The number of amides is 1. The summed E-state index contributed by atoms with van der Waals surface area (Å²) in [5.41, 5.74) is 2.49. The number of hydrogen-bond donors (Lipinski definition) is 1. The van der Waals surface area contributed by atoms with Crippen LogP contribution >= 0.6 is 0 Å². The molecule has 0 radical (unpaired) electrons. The molecule has 8 nitrogen and oxygen atoms in total. The van der Waals surface area contributed by atoms with E-state index in [9.17, 15) is 4.79 Å². The predicted molar refractivity (Wildman–Crippen MR) is 127 cm³/mol. The number of benzene rings is 1. The van der Waals surface area contributed by atoms with Crippen molar-refractivity contribution in [1.29, 1.82) is 0 Å². The van der Waals surface area contributed by atoms with Gasteiger partial charge < -0.3 is 19.3 Å². The molecule has 1 N–H and O–H groups in total. The van der Waals surface area contributed by atoms with Gasteiger partial charge in [0.25, 0.3) is 0 Å². The van der Waals surface area contributed by atoms with E-state index in [1.807, 2.05) is 58.0 Å². The molecule has 178 valence electrons. The number of carbonyl (C=O) groups is 1. The van der Waals surface area contributed by atoms with E-state index in [0.29, 0.717) is 31.2 Å². The Morgan fingerprint density at radius 3 is 2.55 bits per heavy atom. The van der Waals surface area contributed by atoms with Gasteiger partial charge in [-0.1, -0.05) is 35.3 Å². The van der Waals surface area contributed by atoms with Crippen LogP contribution in [0.3, 0.4) is 0 Å². The number of ether oxygens (including phenoxy) is 2. The highest BCUT2D eigenvalue weighted by Crippen LogP contribution is 2.49. The first-order valence-corrected chi connectivity index (χ1v) is 11.1. The van der Waals surface area contributed by atoms with E-state index in [2.05, 4.69) is 27.4 Å². The molecule has 1 heterocycles. The van der Waals surface area contributed by atoms with E-state index < -0.39 is 0 Å². The third kappa shape index (κ3) is 6.74. The maximum atomic E-state index is 12.4. The second-order valence-electron chi connectivity index (χ2n) is 9.57. The molecular formula is C25H34N4O4. The van der Waals surface area contributed by atoms with Gasteiger partial charge in [-0.25, -0.2) is 0 Å². The highest BCUT2D eigenvalue weighted by Gasteiger charge is 2.53. The van der Waals surface area contributed by atoms with Crippen LogP contribution in [0.5, 0.6) is 5.75 Å². The molecule has 1 aromatic heterocycles. The number of nitrogens with zero attached hydrogens (tertiary/aromatic N) is 3. The van der Waals surface area contributed by atoms with E-state index in [1.165, 1.54) is 5.56 Å². The van der Waals surface area contributed by atoms with E-state index in [4.69, 9.17) is 14.0 Å². The first-order valence-electron chi connectivity index (χ1n) is 11.1. The van der Waals surface area contributed by atoms with Crippen LogP contribution in [0.25, 0.3) is 0 Å². The lowest BCUT2D eigenvalue weighted by Gasteiger charge is -2.51. The fourth-order valence-corrected chi connectivity index (χ4v) is 4.38. The van der Waals surface area contributed by atoms with Crippen LogP contribution in [0.15, 0.2) is 45.4 Å². The number of nitrogens with one attached hydrogen (secondary N) is 1. The van der Waals surface area contributed by atoms with Crippen molar-refractivity contribution >= 4 is 11.6 Å². The van der Waals surface area contributed by atoms with Gasteiger partial charge in [0.1, 0.15) is 12.4 Å². The van der Waals surface area contributed by atoms with Gasteiger partial charge in [0.15, 0.2) is 6.61 Å². The number of aromatic nitrogens is 2. The Morgan fingerprint density at radius 1 is 1.21 bits per heavy atom. The number of allylic oxidation sites excluding steroid dienone is 1. The quantitative estimate of drug-likeness (QED) is 0.546. The molecule has 1 aliphatic rings. The molecule has 2 aromatic rings. The summed E-state index contributed by atoms with van der Waals surface area (Å²) < 4.78 is 16.8. The van der Waals surface area contributed by atoms with Crippen LogP contribution in [-0.4, -0.2) is 47.6 Å². The van der Waals surface area contributed by atoms with Crippen molar-refractivity contribution in [2.24, 2.45) is 4.99 Å². The van der Waals surface area contributed by atoms with Gasteiger partial charge in [0.05, 0.1) is 17.7 Å². The van der Waals surface area contributed by atoms with E-state index in [1.54, 1.807) is 7.05 Å². The zero-order chi connectivity index (χ0) is 24.1. The Bertz CT molecular complexity index is 1010. The van der Waals surface area contributed by atoms with E-state index >= 15 is 0 Å². The summed E-state index contributed by atoms with van der Waals surface area (Å²) >= 11 is 0. The molecule has 33 heavy (non-hydrogen) atoms. The molecule has 1 amide bonds. The van der Waals surface area contributed by atoms with Crippen molar-refractivity contribution in [3.8, 4) is 5.75 Å². The third-order valence-corrected chi connectivity index (χ3v) is 5.60. The predicted octanol–water partition coefficient (Wildman–Crippen LogP) is 3.94. The summed E-state index contributed by atoms with van der Waals surface area (Å²) in [7, 11) is 1.71. The molecule has 3 rings (SSSR count). The Kier molecular flexibility index (Phi) is 7.68. The number of rotatable bonds is 10. The summed E-state index contributed by atoms with van der Waals surface area (Å²) in [5.74, 6) is 1.68. The number of carbonyl (C=O) groups excluding carboxylic acids is 1. The summed E-state index contributed by atoms with van der Waals surface area (Å²) in [4.78, 5) is 21.1. The van der Waals surface area contributed by atoms with E-state index in [-0.39, 0.29) is 30.1 Å². The van der Waals surface area contributed by atoms with Crippen molar-refractivity contribution in [1.82, 2.24) is 15.5 Å². The second kappa shape index (κ2) is 10.3. The Hall–Kier alpha value is -3.00. The summed E-state index contributed by atoms with van der Waals surface area (Å²) in [6.07, 6.45) is 3.35. The van der Waals surface area contributed by atoms with Crippen molar-refractivity contribution < 1.29 is 18.8 Å². The van der Waals surface area contributed by atoms with Crippen LogP contribution in [0.4, 0.5) is 0 Å². The molecule has 1 fully saturated rings. The summed E-state index contributed by atoms with van der Waals surface area (Å²) in [6.45, 7) is 10.6. The molecule has 1 saturated carbocycles. The molecule has 0 aliphatic heterocycles. The highest BCUT2D eigenvalue weighted by molar-refractivity contribution is 5.96. The number of aryl methyl sites for hydroxylation is 1. The molecule has 0 atom stereocenters. The monoisotopic (exact) mass is 454 g/mol. The largest absolute Gasteiger partial charge is 0.485 e. The van der Waals surface area contributed by atoms with Gasteiger partial charge in [-0.05, 0) is 58.7 Å². The van der Waals surface area contributed by atoms with Crippen LogP contribution in [0.2, 0.25) is 0 Å². The highest BCUT2D eigenvalue weighted by atomic mass is 16.5. The maximum Gasteiger partial charge on any atom is 0.246 e. The SMILES string of the molecule is CN=C(C=C(C)C)COCC(=O)NC1(C)CC(C)(c2nc(COc3ccc(C)cc3)no2)C1. The van der Waals surface area contributed by atoms with Gasteiger partial charge in [-0.15, -0.1) is 0 Å². The van der Waals surface area contributed by atoms with Crippen molar-refractivity contribution in [2.75, 3.05) is 20.3 Å². The van der Waals surface area contributed by atoms with Crippen molar-refractivity contribution in [3.05, 3.63) is 53.2 Å². The Balaban J connectivity index is 1.46. The van der Waals surface area contributed by atoms with Crippen LogP contribution in [-0.2, 0) is 21.6 Å². The smallest absolute Gasteiger partial charge is 0.246 e. The Labute approximate surface area is 195 Å². The molecule has 0 bridgehead atoms. The molecular weight excluding hydrogens is 420 g/mol.